The van der Waals surface area contributed by atoms with Crippen molar-refractivity contribution in [2.45, 2.75) is 20.0 Å². The zero-order valence-corrected chi connectivity index (χ0v) is 14.3. The van der Waals surface area contributed by atoms with Gasteiger partial charge in [-0.2, -0.15) is 0 Å². The highest BCUT2D eigenvalue weighted by molar-refractivity contribution is 7.02. The van der Waals surface area contributed by atoms with Crippen LogP contribution in [-0.4, -0.2) is 28.0 Å². The number of carbonyl (C=O) groups is 1. The standard InChI is InChI=1S/C18H21NOSi/c1-12-6-8-14-16(10-12)21(4,5)17-11-13(19(2)3)7-9-15(17)18(14)20/h6-11H,1-5H3. The molecule has 1 heterocycles. The lowest BCUT2D eigenvalue weighted by Crippen LogP contribution is -2.59. The fraction of sp³-hybridized carbons (Fsp3) is 0.278. The van der Waals surface area contributed by atoms with E-state index in [-0.39, 0.29) is 5.78 Å². The molecule has 0 fully saturated rings. The summed E-state index contributed by atoms with van der Waals surface area (Å²) in [5, 5.41) is 2.53. The molecule has 0 saturated carbocycles. The minimum absolute atomic E-state index is 0.178. The van der Waals surface area contributed by atoms with Gasteiger partial charge in [0, 0.05) is 30.9 Å². The molecule has 0 aromatic heterocycles. The van der Waals surface area contributed by atoms with Crippen LogP contribution in [-0.2, 0) is 0 Å². The largest absolute Gasteiger partial charge is 0.378 e. The summed E-state index contributed by atoms with van der Waals surface area (Å²) in [5.74, 6) is 0.178. The topological polar surface area (TPSA) is 20.3 Å². The number of fused-ring (bicyclic) bond motifs is 2. The Morgan fingerprint density at radius 3 is 2.10 bits per heavy atom. The number of rotatable bonds is 1. The van der Waals surface area contributed by atoms with Crippen molar-refractivity contribution in [2.24, 2.45) is 0 Å². The van der Waals surface area contributed by atoms with Crippen LogP contribution in [0.4, 0.5) is 5.69 Å². The molecule has 0 unspecified atom stereocenters. The molecule has 0 N–H and O–H groups in total. The summed E-state index contributed by atoms with van der Waals surface area (Å²) in [6.07, 6.45) is 0. The molecule has 21 heavy (non-hydrogen) atoms. The van der Waals surface area contributed by atoms with Crippen molar-refractivity contribution < 1.29 is 4.79 Å². The fourth-order valence-electron chi connectivity index (χ4n) is 3.19. The average molecular weight is 295 g/mol. The molecule has 1 aliphatic heterocycles. The summed E-state index contributed by atoms with van der Waals surface area (Å²) < 4.78 is 0. The van der Waals surface area contributed by atoms with E-state index in [2.05, 4.69) is 37.1 Å². The van der Waals surface area contributed by atoms with Crippen molar-refractivity contribution in [3.8, 4) is 0 Å². The number of carbonyl (C=O) groups excluding carboxylic acids is 1. The normalized spacial score (nSPS) is 15.4. The first kappa shape index (κ1) is 14.1. The molecule has 2 aromatic rings. The lowest BCUT2D eigenvalue weighted by molar-refractivity contribution is 0.104. The monoisotopic (exact) mass is 295 g/mol. The first-order valence-corrected chi connectivity index (χ1v) is 10.3. The molecule has 3 rings (SSSR count). The molecule has 0 aliphatic carbocycles. The fourth-order valence-corrected chi connectivity index (χ4v) is 6.32. The first-order valence-electron chi connectivity index (χ1n) is 7.30. The highest BCUT2D eigenvalue weighted by atomic mass is 28.3. The second-order valence-electron chi connectivity index (χ2n) is 6.63. The molecular formula is C18H21NOSi. The van der Waals surface area contributed by atoms with E-state index in [0.717, 1.165) is 11.1 Å². The number of benzene rings is 2. The first-order chi connectivity index (χ1) is 9.82. The smallest absolute Gasteiger partial charge is 0.192 e. The quantitative estimate of drug-likeness (QED) is 0.753. The third kappa shape index (κ3) is 2.04. The summed E-state index contributed by atoms with van der Waals surface area (Å²) in [5.41, 5.74) is 4.20. The summed E-state index contributed by atoms with van der Waals surface area (Å²) in [4.78, 5) is 14.9. The molecule has 0 amide bonds. The molecule has 0 atom stereocenters. The second kappa shape index (κ2) is 4.57. The van der Waals surface area contributed by atoms with Gasteiger partial charge in [-0.25, -0.2) is 0 Å². The molecule has 108 valence electrons. The van der Waals surface area contributed by atoms with Crippen LogP contribution < -0.4 is 15.3 Å². The lowest BCUT2D eigenvalue weighted by atomic mass is 10.0. The summed E-state index contributed by atoms with van der Waals surface area (Å²) in [7, 11) is 2.25. The van der Waals surface area contributed by atoms with Gasteiger partial charge in [-0.3, -0.25) is 4.79 Å². The summed E-state index contributed by atoms with van der Waals surface area (Å²) in [6, 6.07) is 12.5. The van der Waals surface area contributed by atoms with Crippen LogP contribution >= 0.6 is 0 Å². The number of ketones is 1. The molecule has 0 saturated heterocycles. The highest BCUT2D eigenvalue weighted by Crippen LogP contribution is 2.23. The van der Waals surface area contributed by atoms with Gasteiger partial charge >= 0.3 is 0 Å². The van der Waals surface area contributed by atoms with Gasteiger partial charge < -0.3 is 4.90 Å². The van der Waals surface area contributed by atoms with Crippen LogP contribution in [0.15, 0.2) is 36.4 Å². The zero-order chi connectivity index (χ0) is 15.4. The summed E-state index contributed by atoms with van der Waals surface area (Å²) in [6.45, 7) is 6.78. The number of nitrogens with zero attached hydrogens (tertiary/aromatic N) is 1. The minimum atomic E-state index is -1.83. The van der Waals surface area contributed by atoms with E-state index >= 15 is 0 Å². The molecule has 0 radical (unpaired) electrons. The van der Waals surface area contributed by atoms with Crippen LogP contribution in [0.5, 0.6) is 0 Å². The number of anilines is 1. The Morgan fingerprint density at radius 2 is 1.48 bits per heavy atom. The van der Waals surface area contributed by atoms with Gasteiger partial charge in [0.25, 0.3) is 0 Å². The maximum atomic E-state index is 12.8. The van der Waals surface area contributed by atoms with E-state index in [9.17, 15) is 4.79 Å². The number of hydrogen-bond donors (Lipinski definition) is 0. The van der Waals surface area contributed by atoms with E-state index in [0.29, 0.717) is 0 Å². The van der Waals surface area contributed by atoms with Crippen molar-refractivity contribution in [1.82, 2.24) is 0 Å². The molecule has 0 spiro atoms. The van der Waals surface area contributed by atoms with Crippen LogP contribution in [0, 0.1) is 6.92 Å². The summed E-state index contributed by atoms with van der Waals surface area (Å²) >= 11 is 0. The maximum Gasteiger partial charge on any atom is 0.192 e. The molecular weight excluding hydrogens is 274 g/mol. The Kier molecular flexibility index (Phi) is 3.06. The molecule has 2 aromatic carbocycles. The maximum absolute atomic E-state index is 12.8. The van der Waals surface area contributed by atoms with Crippen LogP contribution in [0.3, 0.4) is 0 Å². The van der Waals surface area contributed by atoms with Gasteiger partial charge in [0.1, 0.15) is 8.07 Å². The number of hydrogen-bond acceptors (Lipinski definition) is 2. The Labute approximate surface area is 127 Å². The Morgan fingerprint density at radius 1 is 0.905 bits per heavy atom. The third-order valence-corrected chi connectivity index (χ3v) is 8.05. The molecule has 0 bridgehead atoms. The van der Waals surface area contributed by atoms with Gasteiger partial charge in [-0.1, -0.05) is 36.9 Å². The second-order valence-corrected chi connectivity index (χ2v) is 11.0. The van der Waals surface area contributed by atoms with Gasteiger partial charge in [0.15, 0.2) is 5.78 Å². The minimum Gasteiger partial charge on any atom is -0.378 e. The van der Waals surface area contributed by atoms with Gasteiger partial charge in [0.2, 0.25) is 0 Å². The van der Waals surface area contributed by atoms with Crippen molar-refractivity contribution in [3.63, 3.8) is 0 Å². The zero-order valence-electron chi connectivity index (χ0n) is 13.3. The third-order valence-electron chi connectivity index (χ3n) is 4.53. The molecule has 1 aliphatic rings. The van der Waals surface area contributed by atoms with Gasteiger partial charge in [-0.05, 0) is 35.5 Å². The van der Waals surface area contributed by atoms with Crippen molar-refractivity contribution in [3.05, 3.63) is 53.1 Å². The molecule has 2 nitrogen and oxygen atoms in total. The molecule has 3 heteroatoms. The van der Waals surface area contributed by atoms with Gasteiger partial charge in [-0.15, -0.1) is 0 Å². The predicted molar refractivity (Wildman–Crippen MR) is 92.1 cm³/mol. The van der Waals surface area contributed by atoms with Gasteiger partial charge in [0.05, 0.1) is 0 Å². The van der Waals surface area contributed by atoms with E-state index in [1.165, 1.54) is 21.6 Å². The van der Waals surface area contributed by atoms with E-state index in [1.807, 2.05) is 38.4 Å². The van der Waals surface area contributed by atoms with Crippen molar-refractivity contribution in [2.75, 3.05) is 19.0 Å². The van der Waals surface area contributed by atoms with E-state index in [4.69, 9.17) is 0 Å². The lowest BCUT2D eigenvalue weighted by Gasteiger charge is -2.33. The van der Waals surface area contributed by atoms with E-state index < -0.39 is 8.07 Å². The van der Waals surface area contributed by atoms with E-state index in [1.54, 1.807) is 0 Å². The Balaban J connectivity index is 2.30. The highest BCUT2D eigenvalue weighted by Gasteiger charge is 2.38. The average Bonchev–Trinajstić information content (AvgIpc) is 2.44. The Hall–Kier alpha value is -1.87. The van der Waals surface area contributed by atoms with Crippen molar-refractivity contribution in [1.29, 1.82) is 0 Å². The Bertz CT molecular complexity index is 747. The van der Waals surface area contributed by atoms with Crippen LogP contribution in [0.25, 0.3) is 0 Å². The van der Waals surface area contributed by atoms with Crippen molar-refractivity contribution >= 4 is 29.9 Å². The van der Waals surface area contributed by atoms with Crippen LogP contribution in [0.1, 0.15) is 21.5 Å². The number of aryl methyl sites for hydroxylation is 1. The van der Waals surface area contributed by atoms with Crippen LogP contribution in [0.2, 0.25) is 13.1 Å². The predicted octanol–water partition coefficient (Wildman–Crippen LogP) is 2.43. The SMILES string of the molecule is Cc1ccc2c(c1)[Si](C)(C)c1cc(N(C)C)ccc1C2=O.